The van der Waals surface area contributed by atoms with Gasteiger partial charge in [-0.25, -0.2) is 4.98 Å². The molecule has 1 aromatic rings. The van der Waals surface area contributed by atoms with Crippen LogP contribution in [0.5, 0.6) is 0 Å². The van der Waals surface area contributed by atoms with Crippen molar-refractivity contribution in [1.29, 1.82) is 0 Å². The summed E-state index contributed by atoms with van der Waals surface area (Å²) in [5.41, 5.74) is 0.917. The molecule has 1 aliphatic rings. The van der Waals surface area contributed by atoms with E-state index in [0.29, 0.717) is 25.5 Å². The first-order chi connectivity index (χ1) is 11.7. The zero-order valence-corrected chi connectivity index (χ0v) is 15.0. The number of aromatic nitrogens is 2. The second-order valence-corrected chi connectivity index (χ2v) is 6.57. The molecule has 1 aliphatic carbocycles. The standard InChI is InChI=1S/C18H31N5O/c1-3-19-16-13-14(2)22-18(23-16)21-12-11-20-17(24)10-9-15-7-5-4-6-8-15/h13,15H,3-12H2,1-2H3,(H,20,24)(H2,19,21,22,23). The van der Waals surface area contributed by atoms with Crippen LogP contribution in [0.2, 0.25) is 0 Å². The Bertz CT molecular complexity index is 514. The molecule has 24 heavy (non-hydrogen) atoms. The maximum Gasteiger partial charge on any atom is 0.224 e. The Kier molecular flexibility index (Phi) is 7.79. The maximum absolute atomic E-state index is 11.9. The molecule has 0 unspecified atom stereocenters. The fourth-order valence-electron chi connectivity index (χ4n) is 3.19. The number of anilines is 2. The van der Waals surface area contributed by atoms with Gasteiger partial charge in [-0.3, -0.25) is 4.79 Å². The molecule has 0 aromatic carbocycles. The van der Waals surface area contributed by atoms with Crippen LogP contribution in [0, 0.1) is 12.8 Å². The molecule has 1 fully saturated rings. The van der Waals surface area contributed by atoms with Crippen LogP contribution in [-0.4, -0.2) is 35.5 Å². The second-order valence-electron chi connectivity index (χ2n) is 6.57. The zero-order valence-electron chi connectivity index (χ0n) is 15.0. The number of rotatable bonds is 9. The summed E-state index contributed by atoms with van der Waals surface area (Å²) in [7, 11) is 0. The van der Waals surface area contributed by atoms with Crippen molar-refractivity contribution in [2.45, 2.75) is 58.8 Å². The molecule has 2 rings (SSSR count). The van der Waals surface area contributed by atoms with E-state index in [4.69, 9.17) is 0 Å². The molecular weight excluding hydrogens is 302 g/mol. The summed E-state index contributed by atoms with van der Waals surface area (Å²) >= 11 is 0. The number of carbonyl (C=O) groups is 1. The molecule has 1 aromatic heterocycles. The van der Waals surface area contributed by atoms with Crippen LogP contribution in [-0.2, 0) is 4.79 Å². The van der Waals surface area contributed by atoms with Crippen LogP contribution in [0.3, 0.4) is 0 Å². The number of hydrogen-bond acceptors (Lipinski definition) is 5. The van der Waals surface area contributed by atoms with Gasteiger partial charge >= 0.3 is 0 Å². The number of amides is 1. The Labute approximate surface area is 145 Å². The van der Waals surface area contributed by atoms with Crippen LogP contribution >= 0.6 is 0 Å². The molecule has 6 nitrogen and oxygen atoms in total. The lowest BCUT2D eigenvalue weighted by molar-refractivity contribution is -0.121. The number of nitrogens with one attached hydrogen (secondary N) is 3. The molecule has 0 atom stereocenters. The van der Waals surface area contributed by atoms with Crippen LogP contribution in [0.15, 0.2) is 6.07 Å². The summed E-state index contributed by atoms with van der Waals surface area (Å²) in [5, 5.41) is 9.33. The van der Waals surface area contributed by atoms with E-state index in [-0.39, 0.29) is 5.91 Å². The number of aryl methyl sites for hydroxylation is 1. The van der Waals surface area contributed by atoms with Gasteiger partial charge in [-0.05, 0) is 26.2 Å². The summed E-state index contributed by atoms with van der Waals surface area (Å²) < 4.78 is 0. The van der Waals surface area contributed by atoms with Crippen molar-refractivity contribution in [1.82, 2.24) is 15.3 Å². The SMILES string of the molecule is CCNc1cc(C)nc(NCCNC(=O)CCC2CCCCC2)n1. The van der Waals surface area contributed by atoms with Gasteiger partial charge in [-0.15, -0.1) is 0 Å². The van der Waals surface area contributed by atoms with Gasteiger partial charge in [0.25, 0.3) is 0 Å². The molecule has 1 amide bonds. The number of nitrogens with zero attached hydrogens (tertiary/aromatic N) is 2. The van der Waals surface area contributed by atoms with Crippen LogP contribution in [0.25, 0.3) is 0 Å². The lowest BCUT2D eigenvalue weighted by Crippen LogP contribution is -2.29. The minimum Gasteiger partial charge on any atom is -0.370 e. The Morgan fingerprint density at radius 2 is 1.96 bits per heavy atom. The van der Waals surface area contributed by atoms with E-state index in [9.17, 15) is 4.79 Å². The van der Waals surface area contributed by atoms with Crippen LogP contribution in [0.4, 0.5) is 11.8 Å². The normalized spacial score (nSPS) is 15.1. The summed E-state index contributed by atoms with van der Waals surface area (Å²) in [4.78, 5) is 20.7. The van der Waals surface area contributed by atoms with Crippen LogP contribution in [0.1, 0.15) is 57.6 Å². The zero-order chi connectivity index (χ0) is 17.2. The maximum atomic E-state index is 11.9. The lowest BCUT2D eigenvalue weighted by atomic mass is 9.86. The molecular formula is C18H31N5O. The van der Waals surface area contributed by atoms with E-state index in [1.54, 1.807) is 0 Å². The Balaban J connectivity index is 1.62. The third-order valence-corrected chi connectivity index (χ3v) is 4.45. The molecule has 1 saturated carbocycles. The first kappa shape index (κ1) is 18.5. The summed E-state index contributed by atoms with van der Waals surface area (Å²) in [5.74, 6) is 2.33. The van der Waals surface area contributed by atoms with Gasteiger partial charge < -0.3 is 16.0 Å². The number of carbonyl (C=O) groups excluding carboxylic acids is 1. The van der Waals surface area contributed by atoms with Crippen molar-refractivity contribution < 1.29 is 4.79 Å². The summed E-state index contributed by atoms with van der Waals surface area (Å²) in [6.07, 6.45) is 8.32. The minimum absolute atomic E-state index is 0.154. The molecule has 1 heterocycles. The monoisotopic (exact) mass is 333 g/mol. The highest BCUT2D eigenvalue weighted by Crippen LogP contribution is 2.27. The highest BCUT2D eigenvalue weighted by atomic mass is 16.1. The van der Waals surface area contributed by atoms with Gasteiger partial charge in [-0.1, -0.05) is 32.1 Å². The molecule has 0 bridgehead atoms. The Morgan fingerprint density at radius 1 is 1.17 bits per heavy atom. The average Bonchev–Trinajstić information content (AvgIpc) is 2.58. The molecule has 0 radical (unpaired) electrons. The molecule has 6 heteroatoms. The Hall–Kier alpha value is -1.85. The fourth-order valence-corrected chi connectivity index (χ4v) is 3.19. The highest BCUT2D eigenvalue weighted by molar-refractivity contribution is 5.75. The van der Waals surface area contributed by atoms with Gasteiger partial charge in [0.2, 0.25) is 11.9 Å². The molecule has 0 saturated heterocycles. The average molecular weight is 333 g/mol. The molecule has 0 aliphatic heterocycles. The first-order valence-corrected chi connectivity index (χ1v) is 9.27. The van der Waals surface area contributed by atoms with E-state index in [1.165, 1.54) is 32.1 Å². The highest BCUT2D eigenvalue weighted by Gasteiger charge is 2.14. The van der Waals surface area contributed by atoms with Crippen molar-refractivity contribution in [3.05, 3.63) is 11.8 Å². The van der Waals surface area contributed by atoms with Crippen molar-refractivity contribution in [2.75, 3.05) is 30.3 Å². The van der Waals surface area contributed by atoms with Crippen LogP contribution < -0.4 is 16.0 Å². The van der Waals surface area contributed by atoms with Crippen molar-refractivity contribution in [3.63, 3.8) is 0 Å². The fraction of sp³-hybridized carbons (Fsp3) is 0.722. The van der Waals surface area contributed by atoms with Gasteiger partial charge in [0, 0.05) is 37.8 Å². The van der Waals surface area contributed by atoms with Crippen molar-refractivity contribution >= 4 is 17.7 Å². The third kappa shape index (κ3) is 6.72. The van der Waals surface area contributed by atoms with Gasteiger partial charge in [0.15, 0.2) is 0 Å². The third-order valence-electron chi connectivity index (χ3n) is 4.45. The van der Waals surface area contributed by atoms with Crippen molar-refractivity contribution in [2.24, 2.45) is 5.92 Å². The van der Waals surface area contributed by atoms with Crippen molar-refractivity contribution in [3.8, 4) is 0 Å². The Morgan fingerprint density at radius 3 is 2.71 bits per heavy atom. The lowest BCUT2D eigenvalue weighted by Gasteiger charge is -2.21. The van der Waals surface area contributed by atoms with Gasteiger partial charge in [0.05, 0.1) is 0 Å². The van der Waals surface area contributed by atoms with E-state index in [0.717, 1.165) is 30.4 Å². The minimum atomic E-state index is 0.154. The largest absolute Gasteiger partial charge is 0.370 e. The summed E-state index contributed by atoms with van der Waals surface area (Å²) in [6.45, 7) is 6.03. The quantitative estimate of drug-likeness (QED) is 0.605. The number of hydrogen-bond donors (Lipinski definition) is 3. The van der Waals surface area contributed by atoms with E-state index < -0.39 is 0 Å². The second kappa shape index (κ2) is 10.1. The molecule has 3 N–H and O–H groups in total. The summed E-state index contributed by atoms with van der Waals surface area (Å²) in [6, 6.07) is 1.92. The van der Waals surface area contributed by atoms with E-state index in [1.807, 2.05) is 19.9 Å². The molecule has 134 valence electrons. The predicted molar refractivity (Wildman–Crippen MR) is 98.2 cm³/mol. The first-order valence-electron chi connectivity index (χ1n) is 9.27. The predicted octanol–water partition coefficient (Wildman–Crippen LogP) is 3.11. The molecule has 0 spiro atoms. The smallest absolute Gasteiger partial charge is 0.224 e. The van der Waals surface area contributed by atoms with E-state index >= 15 is 0 Å². The van der Waals surface area contributed by atoms with Gasteiger partial charge in [-0.2, -0.15) is 4.98 Å². The van der Waals surface area contributed by atoms with E-state index in [2.05, 4.69) is 25.9 Å². The topological polar surface area (TPSA) is 78.9 Å². The van der Waals surface area contributed by atoms with Gasteiger partial charge in [0.1, 0.15) is 5.82 Å².